The van der Waals surface area contributed by atoms with Gasteiger partial charge in [-0.15, -0.1) is 0 Å². The van der Waals surface area contributed by atoms with E-state index in [1.54, 1.807) is 6.92 Å². The molecule has 0 saturated carbocycles. The number of piperidine rings is 1. The number of hydrogen-bond acceptors (Lipinski definition) is 6. The molecule has 1 aromatic rings. The van der Waals surface area contributed by atoms with Crippen LogP contribution in [0.15, 0.2) is 28.5 Å². The summed E-state index contributed by atoms with van der Waals surface area (Å²) in [6.07, 6.45) is 6.50. The number of aliphatic imine (C=N–C) groups is 1. The number of anilines is 1. The highest BCUT2D eigenvalue weighted by molar-refractivity contribution is 6.08. The van der Waals surface area contributed by atoms with Gasteiger partial charge in [-0.1, -0.05) is 20.8 Å². The molecule has 1 aromatic heterocycles. The highest BCUT2D eigenvalue weighted by Gasteiger charge is 2.43. The highest BCUT2D eigenvalue weighted by atomic mass is 16.3. The van der Waals surface area contributed by atoms with E-state index in [-0.39, 0.29) is 17.6 Å². The molecule has 3 heterocycles. The Labute approximate surface area is 166 Å². The van der Waals surface area contributed by atoms with Crippen LogP contribution in [0.1, 0.15) is 59.2 Å². The Morgan fingerprint density at radius 3 is 2.43 bits per heavy atom. The fourth-order valence-corrected chi connectivity index (χ4v) is 4.71. The molecule has 1 unspecified atom stereocenters. The lowest BCUT2D eigenvalue weighted by molar-refractivity contribution is -0.122. The van der Waals surface area contributed by atoms with Gasteiger partial charge in [0.2, 0.25) is 0 Å². The van der Waals surface area contributed by atoms with Gasteiger partial charge in [0.1, 0.15) is 11.6 Å². The summed E-state index contributed by atoms with van der Waals surface area (Å²) in [7, 11) is 0. The zero-order chi connectivity index (χ0) is 20.1. The van der Waals surface area contributed by atoms with Crippen molar-refractivity contribution in [2.24, 2.45) is 10.9 Å². The molecule has 0 bridgehead atoms. The standard InChI is InChI=1S/C22H30N4O2/c1-21(2,3)20-24-12-16(13-25-20)26-7-5-14(6-8-26)19-18-15(11-23-19)9-17(27)10-22(18,4)28/h12-14,28H,5-11H2,1-4H3. The van der Waals surface area contributed by atoms with Crippen LogP contribution in [-0.4, -0.2) is 51.8 Å². The Balaban J connectivity index is 1.44. The maximum atomic E-state index is 11.9. The van der Waals surface area contributed by atoms with Crippen molar-refractivity contribution in [1.82, 2.24) is 9.97 Å². The van der Waals surface area contributed by atoms with Gasteiger partial charge in [0.05, 0.1) is 30.2 Å². The summed E-state index contributed by atoms with van der Waals surface area (Å²) >= 11 is 0. The smallest absolute Gasteiger partial charge is 0.140 e. The Bertz CT molecular complexity index is 838. The van der Waals surface area contributed by atoms with Gasteiger partial charge in [-0.2, -0.15) is 0 Å². The summed E-state index contributed by atoms with van der Waals surface area (Å²) in [5, 5.41) is 10.9. The Hall–Kier alpha value is -2.08. The van der Waals surface area contributed by atoms with Crippen molar-refractivity contribution >= 4 is 17.2 Å². The van der Waals surface area contributed by atoms with Crippen LogP contribution in [0.3, 0.4) is 0 Å². The fraction of sp³-hybridized carbons (Fsp3) is 0.636. The van der Waals surface area contributed by atoms with Crippen LogP contribution in [0.5, 0.6) is 0 Å². The number of hydrogen-bond donors (Lipinski definition) is 1. The molecule has 0 radical (unpaired) electrons. The van der Waals surface area contributed by atoms with Gasteiger partial charge in [-0.3, -0.25) is 9.79 Å². The molecule has 28 heavy (non-hydrogen) atoms. The first kappa shape index (κ1) is 19.2. The maximum absolute atomic E-state index is 11.9. The largest absolute Gasteiger partial charge is 0.385 e. The predicted octanol–water partition coefficient (Wildman–Crippen LogP) is 2.86. The second-order valence-corrected chi connectivity index (χ2v) is 9.62. The molecule has 1 N–H and O–H groups in total. The minimum atomic E-state index is -1.06. The van der Waals surface area contributed by atoms with E-state index in [2.05, 4.69) is 35.6 Å². The third-order valence-corrected chi connectivity index (χ3v) is 6.10. The van der Waals surface area contributed by atoms with Gasteiger partial charge in [0, 0.05) is 48.5 Å². The van der Waals surface area contributed by atoms with Crippen LogP contribution in [-0.2, 0) is 10.2 Å². The molecule has 150 valence electrons. The molecule has 6 nitrogen and oxygen atoms in total. The number of aliphatic hydroxyl groups is 1. The first-order valence-corrected chi connectivity index (χ1v) is 10.2. The average molecular weight is 383 g/mol. The van der Waals surface area contributed by atoms with Crippen LogP contribution in [0.2, 0.25) is 0 Å². The number of ketones is 1. The summed E-state index contributed by atoms with van der Waals surface area (Å²) < 4.78 is 0. The van der Waals surface area contributed by atoms with Crippen LogP contribution in [0, 0.1) is 5.92 Å². The molecule has 0 spiro atoms. The van der Waals surface area contributed by atoms with Crippen molar-refractivity contribution in [3.8, 4) is 0 Å². The summed E-state index contributed by atoms with van der Waals surface area (Å²) in [6, 6.07) is 0. The van der Waals surface area contributed by atoms with Gasteiger partial charge in [0.15, 0.2) is 0 Å². The predicted molar refractivity (Wildman–Crippen MR) is 110 cm³/mol. The van der Waals surface area contributed by atoms with Crippen molar-refractivity contribution in [1.29, 1.82) is 0 Å². The molecular weight excluding hydrogens is 352 g/mol. The quantitative estimate of drug-likeness (QED) is 0.851. The minimum absolute atomic E-state index is 0.0457. The number of aromatic nitrogens is 2. The van der Waals surface area contributed by atoms with Crippen LogP contribution < -0.4 is 4.90 Å². The van der Waals surface area contributed by atoms with Crippen molar-refractivity contribution in [3.63, 3.8) is 0 Å². The second-order valence-electron chi connectivity index (χ2n) is 9.62. The van der Waals surface area contributed by atoms with Crippen molar-refractivity contribution in [2.45, 2.75) is 64.4 Å². The minimum Gasteiger partial charge on any atom is -0.385 e. The third kappa shape index (κ3) is 3.50. The molecule has 0 amide bonds. The van der Waals surface area contributed by atoms with E-state index in [0.29, 0.717) is 18.9 Å². The van der Waals surface area contributed by atoms with E-state index in [1.165, 1.54) is 0 Å². The van der Waals surface area contributed by atoms with E-state index in [4.69, 9.17) is 4.99 Å². The van der Waals surface area contributed by atoms with Crippen molar-refractivity contribution in [3.05, 3.63) is 29.4 Å². The molecule has 2 aliphatic heterocycles. The molecule has 1 atom stereocenters. The van der Waals surface area contributed by atoms with Gasteiger partial charge in [-0.05, 0) is 25.3 Å². The molecule has 0 aromatic carbocycles. The van der Waals surface area contributed by atoms with E-state index < -0.39 is 5.60 Å². The number of carbonyl (C=O) groups is 1. The molecule has 1 fully saturated rings. The van der Waals surface area contributed by atoms with Gasteiger partial charge >= 0.3 is 0 Å². The Morgan fingerprint density at radius 2 is 1.82 bits per heavy atom. The second kappa shape index (κ2) is 6.76. The first-order valence-electron chi connectivity index (χ1n) is 10.2. The molecule has 3 aliphatic rings. The number of Topliss-reactive ketones (excluding diaryl/α,β-unsaturated/α-hetero) is 1. The average Bonchev–Trinajstić information content (AvgIpc) is 3.05. The Kier molecular flexibility index (Phi) is 4.65. The number of rotatable bonds is 2. The lowest BCUT2D eigenvalue weighted by Gasteiger charge is -2.37. The third-order valence-electron chi connectivity index (χ3n) is 6.10. The summed E-state index contributed by atoms with van der Waals surface area (Å²) in [5.41, 5.74) is 3.00. The van der Waals surface area contributed by atoms with Crippen molar-refractivity contribution in [2.75, 3.05) is 24.5 Å². The topological polar surface area (TPSA) is 78.7 Å². The van der Waals surface area contributed by atoms with Crippen LogP contribution >= 0.6 is 0 Å². The summed E-state index contributed by atoms with van der Waals surface area (Å²) in [6.45, 7) is 10.5. The van der Waals surface area contributed by atoms with Crippen molar-refractivity contribution < 1.29 is 9.90 Å². The van der Waals surface area contributed by atoms with Crippen LogP contribution in [0.25, 0.3) is 0 Å². The number of carbonyl (C=O) groups excluding carboxylic acids is 1. The summed E-state index contributed by atoms with van der Waals surface area (Å²) in [5.74, 6) is 1.33. The molecule has 1 saturated heterocycles. The Morgan fingerprint density at radius 1 is 1.18 bits per heavy atom. The van der Waals surface area contributed by atoms with Gasteiger partial charge < -0.3 is 10.0 Å². The zero-order valence-electron chi connectivity index (χ0n) is 17.3. The number of nitrogens with zero attached hydrogens (tertiary/aromatic N) is 4. The normalized spacial score (nSPS) is 26.5. The van der Waals surface area contributed by atoms with E-state index >= 15 is 0 Å². The van der Waals surface area contributed by atoms with E-state index in [9.17, 15) is 9.90 Å². The maximum Gasteiger partial charge on any atom is 0.140 e. The van der Waals surface area contributed by atoms with Crippen LogP contribution in [0.4, 0.5) is 5.69 Å². The highest BCUT2D eigenvalue weighted by Crippen LogP contribution is 2.40. The molecule has 6 heteroatoms. The molecule has 4 rings (SSSR count). The summed E-state index contributed by atoms with van der Waals surface area (Å²) in [4.78, 5) is 28.1. The van der Waals surface area contributed by atoms with Gasteiger partial charge in [-0.25, -0.2) is 9.97 Å². The lowest BCUT2D eigenvalue weighted by atomic mass is 9.74. The zero-order valence-corrected chi connectivity index (χ0v) is 17.3. The molecular formula is C22H30N4O2. The van der Waals surface area contributed by atoms with Gasteiger partial charge in [0.25, 0.3) is 0 Å². The lowest BCUT2D eigenvalue weighted by Crippen LogP contribution is -2.42. The van der Waals surface area contributed by atoms with E-state index in [1.807, 2.05) is 12.4 Å². The van der Waals surface area contributed by atoms with E-state index in [0.717, 1.165) is 54.3 Å². The molecule has 1 aliphatic carbocycles. The fourth-order valence-electron chi connectivity index (χ4n) is 4.71. The SMILES string of the molecule is CC1(O)CC(=O)CC2=C1C(C1CCN(c3cnc(C(C)(C)C)nc3)CC1)=NC2. The monoisotopic (exact) mass is 382 g/mol. The first-order chi connectivity index (χ1) is 13.1.